The standard InChI is InChI=1S/C71H110O6/c1-4-7-10-13-16-19-22-25-28-30-32-34-35-37-38-40-43-46-49-52-55-58-61-64-70(73)76-67-68(66-75-69(72)63-60-57-54-51-48-45-42-27-24-21-18-15-12-9-6-3)77-71(74)65-62-59-56-53-50-47-44-41-39-36-33-31-29-26-23-20-17-14-11-8-5-2/h7-12,16-21,25-29,32-34,36-38,41-42,44,48,51,68H,4-6,13-15,22-24,30-31,35,39-40,43,45-47,49-50,52-67H2,1-3H3/b10-7-,11-8-,12-9-,19-16-,20-17-,21-18-,28-25-,29-26-,34-32-,36-33-,38-37-,42-27-,44-41-,51-48-. The van der Waals surface area contributed by atoms with Crippen LogP contribution >= 0.6 is 0 Å². The summed E-state index contributed by atoms with van der Waals surface area (Å²) in [5, 5.41) is 0. The average molecular weight is 1060 g/mol. The molecule has 6 heteroatoms. The van der Waals surface area contributed by atoms with Crippen molar-refractivity contribution in [1.82, 2.24) is 0 Å². The lowest BCUT2D eigenvalue weighted by Gasteiger charge is -2.18. The molecule has 0 saturated carbocycles. The highest BCUT2D eigenvalue weighted by atomic mass is 16.6. The Balaban J connectivity index is 4.52. The Morgan fingerprint density at radius 1 is 0.260 bits per heavy atom. The molecule has 430 valence electrons. The number of carbonyl (C=O) groups is 3. The second kappa shape index (κ2) is 63.3. The number of rotatable bonds is 53. The molecule has 0 radical (unpaired) electrons. The molecule has 1 unspecified atom stereocenters. The van der Waals surface area contributed by atoms with Gasteiger partial charge in [-0.25, -0.2) is 0 Å². The summed E-state index contributed by atoms with van der Waals surface area (Å²) in [5.74, 6) is -0.993. The van der Waals surface area contributed by atoms with Crippen LogP contribution in [0.4, 0.5) is 0 Å². The molecule has 0 fully saturated rings. The Hall–Kier alpha value is -5.23. The molecule has 0 heterocycles. The Labute approximate surface area is 472 Å². The fourth-order valence-corrected chi connectivity index (χ4v) is 7.72. The van der Waals surface area contributed by atoms with E-state index in [0.717, 1.165) is 167 Å². The largest absolute Gasteiger partial charge is 0.462 e. The second-order valence-electron chi connectivity index (χ2n) is 19.5. The van der Waals surface area contributed by atoms with Gasteiger partial charge in [0.15, 0.2) is 6.10 Å². The molecule has 0 spiro atoms. The van der Waals surface area contributed by atoms with E-state index in [1.807, 2.05) is 0 Å². The Bertz CT molecular complexity index is 1790. The van der Waals surface area contributed by atoms with Gasteiger partial charge in [-0.05, 0) is 148 Å². The molecule has 77 heavy (non-hydrogen) atoms. The van der Waals surface area contributed by atoms with Crippen molar-refractivity contribution in [3.05, 3.63) is 170 Å². The molecule has 0 aromatic carbocycles. The number of esters is 3. The lowest BCUT2D eigenvalue weighted by molar-refractivity contribution is -0.167. The van der Waals surface area contributed by atoms with Gasteiger partial charge in [0.25, 0.3) is 0 Å². The third-order valence-corrected chi connectivity index (χ3v) is 12.2. The Kier molecular flexibility index (Phi) is 59.0. The number of hydrogen-bond acceptors (Lipinski definition) is 6. The normalized spacial score (nSPS) is 13.3. The van der Waals surface area contributed by atoms with Crippen LogP contribution in [0.3, 0.4) is 0 Å². The predicted octanol–water partition coefficient (Wildman–Crippen LogP) is 21.1. The van der Waals surface area contributed by atoms with E-state index in [-0.39, 0.29) is 37.5 Å². The summed E-state index contributed by atoms with van der Waals surface area (Å²) in [5.41, 5.74) is 0. The summed E-state index contributed by atoms with van der Waals surface area (Å²) < 4.78 is 16.8. The first kappa shape index (κ1) is 71.8. The van der Waals surface area contributed by atoms with Crippen LogP contribution in [0, 0.1) is 0 Å². The zero-order chi connectivity index (χ0) is 55.7. The minimum atomic E-state index is -0.821. The molecule has 0 aliphatic carbocycles. The highest BCUT2D eigenvalue weighted by molar-refractivity contribution is 5.71. The molecule has 0 bridgehead atoms. The van der Waals surface area contributed by atoms with Gasteiger partial charge in [-0.3, -0.25) is 14.4 Å². The average Bonchev–Trinajstić information content (AvgIpc) is 3.43. The molecule has 0 aliphatic rings. The molecule has 0 rings (SSSR count). The number of allylic oxidation sites excluding steroid dienone is 28. The van der Waals surface area contributed by atoms with Gasteiger partial charge < -0.3 is 14.2 Å². The van der Waals surface area contributed by atoms with Crippen molar-refractivity contribution >= 4 is 17.9 Å². The number of ether oxygens (including phenoxy) is 3. The quantitative estimate of drug-likeness (QED) is 0.0261. The van der Waals surface area contributed by atoms with Crippen LogP contribution in [0.1, 0.15) is 239 Å². The third-order valence-electron chi connectivity index (χ3n) is 12.2. The Morgan fingerprint density at radius 2 is 0.468 bits per heavy atom. The molecule has 0 aromatic heterocycles. The maximum absolute atomic E-state index is 12.9. The van der Waals surface area contributed by atoms with E-state index in [2.05, 4.69) is 191 Å². The van der Waals surface area contributed by atoms with E-state index >= 15 is 0 Å². The fraction of sp³-hybridized carbons (Fsp3) is 0.563. The molecule has 1 atom stereocenters. The van der Waals surface area contributed by atoms with E-state index < -0.39 is 6.10 Å². The first-order valence-corrected chi connectivity index (χ1v) is 30.6. The van der Waals surface area contributed by atoms with Crippen LogP contribution in [0.25, 0.3) is 0 Å². The monoisotopic (exact) mass is 1060 g/mol. The van der Waals surface area contributed by atoms with Crippen molar-refractivity contribution < 1.29 is 28.6 Å². The van der Waals surface area contributed by atoms with Crippen molar-refractivity contribution in [3.8, 4) is 0 Å². The Morgan fingerprint density at radius 3 is 0.753 bits per heavy atom. The van der Waals surface area contributed by atoms with E-state index in [1.54, 1.807) is 0 Å². The predicted molar refractivity (Wildman–Crippen MR) is 334 cm³/mol. The number of unbranched alkanes of at least 4 members (excludes halogenated alkanes) is 14. The van der Waals surface area contributed by atoms with Crippen LogP contribution in [-0.4, -0.2) is 37.2 Å². The molecule has 0 aromatic rings. The van der Waals surface area contributed by atoms with Crippen molar-refractivity contribution in [2.75, 3.05) is 13.2 Å². The molecular weight excluding hydrogens is 949 g/mol. The second-order valence-corrected chi connectivity index (χ2v) is 19.5. The minimum Gasteiger partial charge on any atom is -0.462 e. The summed E-state index contributed by atoms with van der Waals surface area (Å²) in [6, 6.07) is 0. The van der Waals surface area contributed by atoms with E-state index in [0.29, 0.717) is 19.3 Å². The summed E-state index contributed by atoms with van der Waals surface area (Å²) in [6.45, 7) is 6.23. The maximum Gasteiger partial charge on any atom is 0.306 e. The van der Waals surface area contributed by atoms with Crippen molar-refractivity contribution in [2.24, 2.45) is 0 Å². The van der Waals surface area contributed by atoms with Gasteiger partial charge in [-0.1, -0.05) is 242 Å². The molecule has 0 aliphatic heterocycles. The summed E-state index contributed by atoms with van der Waals surface area (Å²) in [7, 11) is 0. The van der Waals surface area contributed by atoms with Gasteiger partial charge in [0, 0.05) is 19.3 Å². The van der Waals surface area contributed by atoms with E-state index in [9.17, 15) is 14.4 Å². The fourth-order valence-electron chi connectivity index (χ4n) is 7.72. The number of carbonyl (C=O) groups excluding carboxylic acids is 3. The summed E-state index contributed by atoms with van der Waals surface area (Å²) >= 11 is 0. The molecule has 0 N–H and O–H groups in total. The molecular formula is C71H110O6. The molecule has 6 nitrogen and oxygen atoms in total. The van der Waals surface area contributed by atoms with E-state index in [4.69, 9.17) is 14.2 Å². The first-order valence-electron chi connectivity index (χ1n) is 30.6. The van der Waals surface area contributed by atoms with Crippen LogP contribution in [0.5, 0.6) is 0 Å². The van der Waals surface area contributed by atoms with Crippen LogP contribution in [0.15, 0.2) is 170 Å². The third kappa shape index (κ3) is 61.5. The van der Waals surface area contributed by atoms with Crippen molar-refractivity contribution in [1.29, 1.82) is 0 Å². The lowest BCUT2D eigenvalue weighted by Crippen LogP contribution is -2.30. The van der Waals surface area contributed by atoms with Crippen LogP contribution in [0.2, 0.25) is 0 Å². The summed E-state index contributed by atoms with van der Waals surface area (Å²) in [4.78, 5) is 38.3. The zero-order valence-corrected chi connectivity index (χ0v) is 49.1. The highest BCUT2D eigenvalue weighted by Crippen LogP contribution is 2.13. The molecule has 0 amide bonds. The van der Waals surface area contributed by atoms with E-state index in [1.165, 1.54) is 25.7 Å². The summed E-state index contributed by atoms with van der Waals surface area (Å²) in [6.07, 6.45) is 93.5. The smallest absolute Gasteiger partial charge is 0.306 e. The topological polar surface area (TPSA) is 78.9 Å². The lowest BCUT2D eigenvalue weighted by atomic mass is 10.1. The van der Waals surface area contributed by atoms with Gasteiger partial charge in [0.1, 0.15) is 13.2 Å². The van der Waals surface area contributed by atoms with Gasteiger partial charge in [-0.15, -0.1) is 0 Å². The highest BCUT2D eigenvalue weighted by Gasteiger charge is 2.19. The minimum absolute atomic E-state index is 0.114. The van der Waals surface area contributed by atoms with Gasteiger partial charge in [0.05, 0.1) is 0 Å². The van der Waals surface area contributed by atoms with Gasteiger partial charge in [0.2, 0.25) is 0 Å². The first-order chi connectivity index (χ1) is 38.0. The van der Waals surface area contributed by atoms with Crippen molar-refractivity contribution in [2.45, 2.75) is 245 Å². The number of hydrogen-bond donors (Lipinski definition) is 0. The van der Waals surface area contributed by atoms with Gasteiger partial charge in [-0.2, -0.15) is 0 Å². The molecule has 0 saturated heterocycles. The zero-order valence-electron chi connectivity index (χ0n) is 49.1. The SMILES string of the molecule is CC/C=C\C/C=C\C/C=C\C/C=C\C/C=C\CCCCCCCCCC(=O)OCC(COC(=O)CCCC/C=C\C/C=C\C/C=C\C/C=C\CC)OC(=O)CCCCCCC/C=C\C/C=C\C/C=C\C/C=C\C/C=C\CC. The van der Waals surface area contributed by atoms with Crippen LogP contribution < -0.4 is 0 Å². The van der Waals surface area contributed by atoms with Crippen LogP contribution in [-0.2, 0) is 28.6 Å². The maximum atomic E-state index is 12.9. The van der Waals surface area contributed by atoms with Gasteiger partial charge >= 0.3 is 17.9 Å². The van der Waals surface area contributed by atoms with Crippen molar-refractivity contribution in [3.63, 3.8) is 0 Å².